The third kappa shape index (κ3) is 3.50. The first kappa shape index (κ1) is 16.1. The quantitative estimate of drug-likeness (QED) is 0.873. The van der Waals surface area contributed by atoms with Crippen LogP contribution >= 0.6 is 0 Å². The summed E-state index contributed by atoms with van der Waals surface area (Å²) in [5, 5.41) is 3.03. The lowest BCUT2D eigenvalue weighted by Gasteiger charge is -2.51. The molecule has 1 aromatic rings. The molecule has 4 aliphatic rings. The van der Waals surface area contributed by atoms with Crippen molar-refractivity contribution in [2.24, 2.45) is 11.8 Å². The molecule has 0 aliphatic carbocycles. The van der Waals surface area contributed by atoms with Crippen molar-refractivity contribution in [3.05, 3.63) is 24.2 Å². The number of nitrogens with zero attached hydrogens (tertiary/aromatic N) is 2. The van der Waals surface area contributed by atoms with Gasteiger partial charge in [-0.05, 0) is 43.4 Å². The van der Waals surface area contributed by atoms with E-state index >= 15 is 0 Å². The summed E-state index contributed by atoms with van der Waals surface area (Å²) in [5.41, 5.74) is 0. The van der Waals surface area contributed by atoms with Gasteiger partial charge in [0.05, 0.1) is 19.5 Å². The number of hydrogen-bond donors (Lipinski definition) is 1. The molecule has 5 rings (SSSR count). The molecule has 1 unspecified atom stereocenters. The molecule has 132 valence electrons. The molecule has 5 heterocycles. The highest BCUT2D eigenvalue weighted by Gasteiger charge is 2.40. The fourth-order valence-corrected chi connectivity index (χ4v) is 4.49. The van der Waals surface area contributed by atoms with Gasteiger partial charge in [-0.3, -0.25) is 14.6 Å². The minimum Gasteiger partial charge on any atom is -0.459 e. The zero-order valence-corrected chi connectivity index (χ0v) is 14.2. The van der Waals surface area contributed by atoms with Gasteiger partial charge in [-0.2, -0.15) is 0 Å². The zero-order chi connectivity index (χ0) is 16.4. The number of hydrogen-bond acceptors (Lipinski definition) is 5. The van der Waals surface area contributed by atoms with Crippen molar-refractivity contribution in [3.8, 4) is 0 Å². The molecule has 0 spiro atoms. The number of nitrogens with one attached hydrogen (secondary N) is 1. The highest BCUT2D eigenvalue weighted by molar-refractivity contribution is 5.91. The Morgan fingerprint density at radius 1 is 1.29 bits per heavy atom. The van der Waals surface area contributed by atoms with Crippen molar-refractivity contribution in [3.63, 3.8) is 0 Å². The van der Waals surface area contributed by atoms with E-state index < -0.39 is 0 Å². The summed E-state index contributed by atoms with van der Waals surface area (Å²) in [5.74, 6) is 1.86. The Morgan fingerprint density at radius 2 is 2.17 bits per heavy atom. The Bertz CT molecular complexity index is 542. The highest BCUT2D eigenvalue weighted by atomic mass is 16.5. The summed E-state index contributed by atoms with van der Waals surface area (Å²) in [6.45, 7) is 8.17. The number of morpholine rings is 1. The van der Waals surface area contributed by atoms with Gasteiger partial charge < -0.3 is 14.5 Å². The van der Waals surface area contributed by atoms with Crippen LogP contribution in [0.1, 0.15) is 23.4 Å². The fraction of sp³-hybridized carbons (Fsp3) is 0.722. The second-order valence-corrected chi connectivity index (χ2v) is 7.29. The second-order valence-electron chi connectivity index (χ2n) is 7.29. The van der Waals surface area contributed by atoms with Gasteiger partial charge in [-0.15, -0.1) is 0 Å². The van der Waals surface area contributed by atoms with Gasteiger partial charge in [0.2, 0.25) is 0 Å². The topological polar surface area (TPSA) is 58.0 Å². The molecule has 1 aromatic heterocycles. The van der Waals surface area contributed by atoms with E-state index in [1.165, 1.54) is 38.7 Å². The van der Waals surface area contributed by atoms with Crippen LogP contribution in [0.5, 0.6) is 0 Å². The monoisotopic (exact) mass is 333 g/mol. The number of carbonyl (C=O) groups excluding carboxylic acids is 1. The highest BCUT2D eigenvalue weighted by Crippen LogP contribution is 2.36. The van der Waals surface area contributed by atoms with Crippen molar-refractivity contribution in [2.75, 3.05) is 52.5 Å². The van der Waals surface area contributed by atoms with Gasteiger partial charge in [-0.1, -0.05) is 0 Å². The van der Waals surface area contributed by atoms with Crippen molar-refractivity contribution in [2.45, 2.75) is 18.9 Å². The summed E-state index contributed by atoms with van der Waals surface area (Å²) in [4.78, 5) is 17.2. The van der Waals surface area contributed by atoms with Gasteiger partial charge >= 0.3 is 0 Å². The summed E-state index contributed by atoms with van der Waals surface area (Å²) >= 11 is 0. The van der Waals surface area contributed by atoms with E-state index in [-0.39, 0.29) is 5.91 Å². The van der Waals surface area contributed by atoms with Crippen molar-refractivity contribution in [1.29, 1.82) is 0 Å². The Morgan fingerprint density at radius 3 is 2.88 bits per heavy atom. The van der Waals surface area contributed by atoms with Crippen LogP contribution in [-0.4, -0.2) is 74.2 Å². The molecule has 1 amide bonds. The third-order valence-electron chi connectivity index (χ3n) is 5.85. The predicted molar refractivity (Wildman–Crippen MR) is 89.9 cm³/mol. The summed E-state index contributed by atoms with van der Waals surface area (Å²) < 4.78 is 10.6. The van der Waals surface area contributed by atoms with Crippen molar-refractivity contribution >= 4 is 5.91 Å². The van der Waals surface area contributed by atoms with Gasteiger partial charge in [0.15, 0.2) is 5.76 Å². The second kappa shape index (κ2) is 7.25. The van der Waals surface area contributed by atoms with Crippen LogP contribution in [0, 0.1) is 11.8 Å². The number of piperidine rings is 3. The minimum atomic E-state index is -0.104. The molecule has 4 fully saturated rings. The molecule has 0 aromatic carbocycles. The van der Waals surface area contributed by atoms with Crippen LogP contribution < -0.4 is 5.32 Å². The first-order chi connectivity index (χ1) is 11.8. The lowest BCUT2D eigenvalue weighted by Crippen LogP contribution is -2.58. The van der Waals surface area contributed by atoms with E-state index in [4.69, 9.17) is 9.15 Å². The van der Waals surface area contributed by atoms with Gasteiger partial charge in [0, 0.05) is 38.8 Å². The van der Waals surface area contributed by atoms with Crippen LogP contribution in [0.4, 0.5) is 0 Å². The van der Waals surface area contributed by atoms with E-state index in [9.17, 15) is 4.79 Å². The fourth-order valence-electron chi connectivity index (χ4n) is 4.49. The first-order valence-electron chi connectivity index (χ1n) is 9.15. The molecule has 0 radical (unpaired) electrons. The van der Waals surface area contributed by atoms with Crippen LogP contribution in [0.3, 0.4) is 0 Å². The van der Waals surface area contributed by atoms with E-state index in [1.54, 1.807) is 12.1 Å². The van der Waals surface area contributed by atoms with E-state index in [1.807, 2.05) is 0 Å². The molecule has 4 saturated heterocycles. The molecule has 6 nitrogen and oxygen atoms in total. The molecular weight excluding hydrogens is 306 g/mol. The Labute approximate surface area is 143 Å². The molecule has 4 atom stereocenters. The number of ether oxygens (including phenoxy) is 1. The number of carbonyl (C=O) groups is 1. The predicted octanol–water partition coefficient (Wildman–Crippen LogP) is 1.05. The Hall–Kier alpha value is -1.37. The average Bonchev–Trinajstić information content (AvgIpc) is 3.16. The van der Waals surface area contributed by atoms with Crippen molar-refractivity contribution in [1.82, 2.24) is 15.1 Å². The van der Waals surface area contributed by atoms with Crippen LogP contribution in [-0.2, 0) is 4.74 Å². The summed E-state index contributed by atoms with van der Waals surface area (Å²) in [7, 11) is 0. The molecule has 1 N–H and O–H groups in total. The first-order valence-corrected chi connectivity index (χ1v) is 9.15. The van der Waals surface area contributed by atoms with Gasteiger partial charge in [0.25, 0.3) is 5.91 Å². The largest absolute Gasteiger partial charge is 0.459 e. The number of amides is 1. The SMILES string of the molecule is O=C(NC[C@H]1C[C@@H]2CCN1C[C@@H]2CN1CCOCC1)c1ccco1. The molecule has 2 bridgehead atoms. The number of rotatable bonds is 5. The van der Waals surface area contributed by atoms with E-state index in [2.05, 4.69) is 15.1 Å². The number of fused-ring (bicyclic) bond motifs is 3. The van der Waals surface area contributed by atoms with Crippen LogP contribution in [0.2, 0.25) is 0 Å². The maximum atomic E-state index is 12.0. The molecule has 0 saturated carbocycles. The molecule has 6 heteroatoms. The summed E-state index contributed by atoms with van der Waals surface area (Å²) in [6.07, 6.45) is 4.04. The molecule has 24 heavy (non-hydrogen) atoms. The zero-order valence-electron chi connectivity index (χ0n) is 14.2. The number of furan rings is 1. The maximum absolute atomic E-state index is 12.0. The third-order valence-corrected chi connectivity index (χ3v) is 5.85. The van der Waals surface area contributed by atoms with E-state index in [0.29, 0.717) is 11.8 Å². The maximum Gasteiger partial charge on any atom is 0.287 e. The van der Waals surface area contributed by atoms with Gasteiger partial charge in [-0.25, -0.2) is 0 Å². The Kier molecular flexibility index (Phi) is 4.87. The van der Waals surface area contributed by atoms with Gasteiger partial charge in [0.1, 0.15) is 0 Å². The van der Waals surface area contributed by atoms with E-state index in [0.717, 1.165) is 44.7 Å². The Balaban J connectivity index is 1.27. The van der Waals surface area contributed by atoms with Crippen LogP contribution in [0.25, 0.3) is 0 Å². The molecule has 4 aliphatic heterocycles. The summed E-state index contributed by atoms with van der Waals surface area (Å²) in [6, 6.07) is 3.93. The average molecular weight is 333 g/mol. The standard InChI is InChI=1S/C18H27N3O3/c22-18(17-2-1-7-24-17)19-11-16-10-14-3-4-21(16)13-15(14)12-20-5-8-23-9-6-20/h1-2,7,14-16H,3-6,8-13H2,(H,19,22)/t14-,15-,16+/m0/s1. The smallest absolute Gasteiger partial charge is 0.287 e. The molecular formula is C18H27N3O3. The van der Waals surface area contributed by atoms with Crippen LogP contribution in [0.15, 0.2) is 22.8 Å². The minimum absolute atomic E-state index is 0.104. The van der Waals surface area contributed by atoms with Crippen molar-refractivity contribution < 1.29 is 13.9 Å². The lowest BCUT2D eigenvalue weighted by atomic mass is 9.75. The normalized spacial score (nSPS) is 33.5. The lowest BCUT2D eigenvalue weighted by molar-refractivity contribution is -0.0293.